The topological polar surface area (TPSA) is 67.0 Å². The van der Waals surface area contributed by atoms with Crippen LogP contribution in [0, 0.1) is 0 Å². The second-order valence-electron chi connectivity index (χ2n) is 4.21. The molecule has 8 heteroatoms. The molecule has 0 atom stereocenters. The molecule has 1 amide bonds. The summed E-state index contributed by atoms with van der Waals surface area (Å²) in [6.45, 7) is -1.52. The van der Waals surface area contributed by atoms with Crippen molar-refractivity contribution in [2.45, 2.75) is 12.7 Å². The van der Waals surface area contributed by atoms with E-state index < -0.39 is 18.9 Å². The van der Waals surface area contributed by atoms with Crippen molar-refractivity contribution in [2.75, 3.05) is 6.61 Å². The van der Waals surface area contributed by atoms with E-state index in [0.29, 0.717) is 0 Å². The van der Waals surface area contributed by atoms with Gasteiger partial charge in [0.2, 0.25) is 0 Å². The number of amides is 1. The minimum Gasteiger partial charge on any atom is -0.440 e. The minimum atomic E-state index is -4.52. The first-order valence-electron chi connectivity index (χ1n) is 6.00. The zero-order valence-electron chi connectivity index (χ0n) is 10.8. The lowest BCUT2D eigenvalue weighted by atomic mass is 10.1. The van der Waals surface area contributed by atoms with Crippen LogP contribution in [0.3, 0.4) is 0 Å². The molecule has 0 aliphatic heterocycles. The highest BCUT2D eigenvalue weighted by atomic mass is 19.4. The number of nitrogens with zero attached hydrogens (tertiary/aromatic N) is 1. The molecule has 0 bridgehead atoms. The lowest BCUT2D eigenvalue weighted by Crippen LogP contribution is -2.28. The summed E-state index contributed by atoms with van der Waals surface area (Å²) in [5.41, 5.74) is 2.50. The number of ether oxygens (including phenoxy) is 1. The molecule has 1 aromatic carbocycles. The number of aromatic amines is 1. The predicted octanol–water partition coefficient (Wildman–Crippen LogP) is 2.87. The van der Waals surface area contributed by atoms with Crippen LogP contribution in [0.15, 0.2) is 36.5 Å². The van der Waals surface area contributed by atoms with Gasteiger partial charge in [-0.25, -0.2) is 4.79 Å². The van der Waals surface area contributed by atoms with Crippen LogP contribution in [-0.4, -0.2) is 29.1 Å². The van der Waals surface area contributed by atoms with E-state index in [1.165, 1.54) is 0 Å². The van der Waals surface area contributed by atoms with Crippen molar-refractivity contribution >= 4 is 6.09 Å². The molecule has 0 spiro atoms. The molecule has 0 saturated heterocycles. The molecule has 2 rings (SSSR count). The molecule has 0 fully saturated rings. The minimum absolute atomic E-state index is 0.0833. The third kappa shape index (κ3) is 4.83. The lowest BCUT2D eigenvalue weighted by Gasteiger charge is -2.09. The first-order valence-corrected chi connectivity index (χ1v) is 6.00. The number of rotatable bonds is 4. The second-order valence-corrected chi connectivity index (χ2v) is 4.21. The maximum Gasteiger partial charge on any atom is 0.422 e. The van der Waals surface area contributed by atoms with Crippen molar-refractivity contribution in [1.29, 1.82) is 0 Å². The standard InChI is InChI=1S/C13H12F3N3O2/c14-13(15,16)8-21-12(20)17-7-9-1-3-10(4-2-9)11-5-6-18-19-11/h1-6H,7-8H2,(H,17,20)(H,18,19). The highest BCUT2D eigenvalue weighted by Crippen LogP contribution is 2.17. The molecule has 112 valence electrons. The Labute approximate surface area is 118 Å². The molecular formula is C13H12F3N3O2. The number of aromatic nitrogens is 2. The van der Waals surface area contributed by atoms with Gasteiger partial charge >= 0.3 is 12.3 Å². The van der Waals surface area contributed by atoms with Crippen LogP contribution in [0.2, 0.25) is 0 Å². The first-order chi connectivity index (χ1) is 9.94. The number of alkyl halides is 3. The van der Waals surface area contributed by atoms with E-state index in [1.54, 1.807) is 18.3 Å². The van der Waals surface area contributed by atoms with Crippen LogP contribution in [0.4, 0.5) is 18.0 Å². The maximum atomic E-state index is 11.8. The zero-order chi connectivity index (χ0) is 15.3. The van der Waals surface area contributed by atoms with Gasteiger partial charge in [-0.15, -0.1) is 0 Å². The summed E-state index contributed by atoms with van der Waals surface area (Å²) in [6, 6.07) is 8.93. The third-order valence-corrected chi connectivity index (χ3v) is 2.57. The molecule has 0 aliphatic carbocycles. The van der Waals surface area contributed by atoms with Gasteiger partial charge in [-0.2, -0.15) is 18.3 Å². The normalized spacial score (nSPS) is 11.2. The van der Waals surface area contributed by atoms with E-state index in [4.69, 9.17) is 0 Å². The summed E-state index contributed by atoms with van der Waals surface area (Å²) in [5, 5.41) is 8.88. The molecule has 0 aliphatic rings. The molecule has 5 nitrogen and oxygen atoms in total. The van der Waals surface area contributed by atoms with Gasteiger partial charge in [-0.3, -0.25) is 5.10 Å². The van der Waals surface area contributed by atoms with E-state index in [-0.39, 0.29) is 6.54 Å². The maximum absolute atomic E-state index is 11.8. The van der Waals surface area contributed by atoms with Gasteiger partial charge in [0.05, 0.1) is 5.69 Å². The molecule has 1 heterocycles. The van der Waals surface area contributed by atoms with Crippen molar-refractivity contribution in [1.82, 2.24) is 15.5 Å². The number of alkyl carbamates (subject to hydrolysis) is 1. The van der Waals surface area contributed by atoms with Gasteiger partial charge in [-0.1, -0.05) is 24.3 Å². The summed E-state index contributed by atoms with van der Waals surface area (Å²) in [7, 11) is 0. The second kappa shape index (κ2) is 6.29. The van der Waals surface area contributed by atoms with Crippen LogP contribution >= 0.6 is 0 Å². The molecule has 21 heavy (non-hydrogen) atoms. The smallest absolute Gasteiger partial charge is 0.422 e. The number of hydrogen-bond donors (Lipinski definition) is 2. The highest BCUT2D eigenvalue weighted by molar-refractivity contribution is 5.67. The van der Waals surface area contributed by atoms with Crippen LogP contribution in [0.25, 0.3) is 11.3 Å². The molecular weight excluding hydrogens is 287 g/mol. The fourth-order valence-electron chi connectivity index (χ4n) is 1.59. The van der Waals surface area contributed by atoms with Crippen LogP contribution in [-0.2, 0) is 11.3 Å². The number of carbonyl (C=O) groups excluding carboxylic acids is 1. The fraction of sp³-hybridized carbons (Fsp3) is 0.231. The molecule has 2 aromatic rings. The monoisotopic (exact) mass is 299 g/mol. The Kier molecular flexibility index (Phi) is 4.46. The molecule has 2 N–H and O–H groups in total. The van der Waals surface area contributed by atoms with Gasteiger partial charge < -0.3 is 10.1 Å². The van der Waals surface area contributed by atoms with Gasteiger partial charge in [0.1, 0.15) is 0 Å². The molecule has 0 unspecified atom stereocenters. The van der Waals surface area contributed by atoms with Crippen LogP contribution in [0.1, 0.15) is 5.56 Å². The van der Waals surface area contributed by atoms with Gasteiger partial charge in [0.25, 0.3) is 0 Å². The van der Waals surface area contributed by atoms with Crippen molar-refractivity contribution in [3.63, 3.8) is 0 Å². The Bertz CT molecular complexity index is 580. The van der Waals surface area contributed by atoms with E-state index in [1.807, 2.05) is 18.2 Å². The third-order valence-electron chi connectivity index (χ3n) is 2.57. The van der Waals surface area contributed by atoms with E-state index in [9.17, 15) is 18.0 Å². The fourth-order valence-corrected chi connectivity index (χ4v) is 1.59. The summed E-state index contributed by atoms with van der Waals surface area (Å²) in [4.78, 5) is 11.1. The van der Waals surface area contributed by atoms with Crippen molar-refractivity contribution in [3.05, 3.63) is 42.1 Å². The van der Waals surface area contributed by atoms with Crippen molar-refractivity contribution < 1.29 is 22.7 Å². The highest BCUT2D eigenvalue weighted by Gasteiger charge is 2.29. The van der Waals surface area contributed by atoms with Crippen LogP contribution < -0.4 is 5.32 Å². The first kappa shape index (κ1) is 14.9. The lowest BCUT2D eigenvalue weighted by molar-refractivity contribution is -0.160. The molecule has 0 saturated carbocycles. The quantitative estimate of drug-likeness (QED) is 0.912. The van der Waals surface area contributed by atoms with Crippen molar-refractivity contribution in [2.24, 2.45) is 0 Å². The Morgan fingerprint density at radius 2 is 1.95 bits per heavy atom. The number of hydrogen-bond acceptors (Lipinski definition) is 3. The summed E-state index contributed by atoms with van der Waals surface area (Å²) < 4.78 is 39.6. The van der Waals surface area contributed by atoms with Gasteiger partial charge in [0, 0.05) is 12.7 Å². The summed E-state index contributed by atoms with van der Waals surface area (Å²) >= 11 is 0. The zero-order valence-corrected chi connectivity index (χ0v) is 10.8. The molecule has 0 radical (unpaired) electrons. The van der Waals surface area contributed by atoms with E-state index >= 15 is 0 Å². The Morgan fingerprint density at radius 3 is 2.52 bits per heavy atom. The van der Waals surface area contributed by atoms with E-state index in [0.717, 1.165) is 16.8 Å². The number of H-pyrrole nitrogens is 1. The number of nitrogens with one attached hydrogen (secondary N) is 2. The predicted molar refractivity (Wildman–Crippen MR) is 68.3 cm³/mol. The van der Waals surface area contributed by atoms with Gasteiger partial charge in [-0.05, 0) is 17.2 Å². The Hall–Kier alpha value is -2.51. The summed E-state index contributed by atoms with van der Waals surface area (Å²) in [5.74, 6) is 0. The van der Waals surface area contributed by atoms with Crippen molar-refractivity contribution in [3.8, 4) is 11.3 Å². The number of halogens is 3. The molecule has 1 aromatic heterocycles. The number of carbonyl (C=O) groups is 1. The van der Waals surface area contributed by atoms with E-state index in [2.05, 4.69) is 20.3 Å². The average molecular weight is 299 g/mol. The Morgan fingerprint density at radius 1 is 1.24 bits per heavy atom. The Balaban J connectivity index is 1.82. The average Bonchev–Trinajstić information content (AvgIpc) is 2.97. The van der Waals surface area contributed by atoms with Gasteiger partial charge in [0.15, 0.2) is 6.61 Å². The summed E-state index contributed by atoms with van der Waals surface area (Å²) in [6.07, 6.45) is -4.00. The van der Waals surface area contributed by atoms with Crippen LogP contribution in [0.5, 0.6) is 0 Å². The largest absolute Gasteiger partial charge is 0.440 e. The number of benzene rings is 1. The SMILES string of the molecule is O=C(NCc1ccc(-c2ccn[nH]2)cc1)OCC(F)(F)F.